The van der Waals surface area contributed by atoms with Crippen molar-refractivity contribution < 1.29 is 14.3 Å². The molecule has 0 fully saturated rings. The van der Waals surface area contributed by atoms with Crippen LogP contribution in [-0.2, 0) is 0 Å². The van der Waals surface area contributed by atoms with E-state index in [1.165, 1.54) is 12.8 Å². The van der Waals surface area contributed by atoms with Gasteiger partial charge in [0.2, 0.25) is 0 Å². The molecule has 1 aromatic rings. The number of Topliss-reactive ketones (excluding diaryl/α,β-unsaturated/α-hetero) is 1. The van der Waals surface area contributed by atoms with Crippen LogP contribution < -0.4 is 9.47 Å². The third-order valence-electron chi connectivity index (χ3n) is 3.88. The summed E-state index contributed by atoms with van der Waals surface area (Å²) in [5, 5.41) is 0. The minimum atomic E-state index is 0.213. The highest BCUT2D eigenvalue weighted by molar-refractivity contribution is 5.96. The first kappa shape index (κ1) is 14.9. The van der Waals surface area contributed by atoms with Crippen LogP contribution >= 0.6 is 0 Å². The molecule has 0 radical (unpaired) electrons. The molecule has 1 aliphatic rings. The Morgan fingerprint density at radius 2 is 1.95 bits per heavy atom. The maximum absolute atomic E-state index is 12.4. The second-order valence-electron chi connectivity index (χ2n) is 5.40. The third-order valence-corrected chi connectivity index (χ3v) is 3.88. The molecule has 1 unspecified atom stereocenters. The molecule has 0 saturated carbocycles. The molecule has 1 heterocycles. The van der Waals surface area contributed by atoms with Gasteiger partial charge in [0.1, 0.15) is 13.2 Å². The number of carbonyl (C=O) groups excluding carboxylic acids is 1. The molecule has 0 spiro atoms. The number of carbonyl (C=O) groups is 1. The molecule has 0 amide bonds. The first-order valence-electron chi connectivity index (χ1n) is 7.67. The van der Waals surface area contributed by atoms with Crippen molar-refractivity contribution in [2.75, 3.05) is 13.2 Å². The maximum atomic E-state index is 12.4. The van der Waals surface area contributed by atoms with Gasteiger partial charge in [-0.25, -0.2) is 0 Å². The summed E-state index contributed by atoms with van der Waals surface area (Å²) < 4.78 is 11.0. The summed E-state index contributed by atoms with van der Waals surface area (Å²) in [4.78, 5) is 12.4. The minimum absolute atomic E-state index is 0.213. The normalized spacial score (nSPS) is 14.9. The molecular weight excluding hydrogens is 252 g/mol. The molecule has 0 saturated heterocycles. The van der Waals surface area contributed by atoms with Gasteiger partial charge >= 0.3 is 0 Å². The van der Waals surface area contributed by atoms with Gasteiger partial charge in [-0.3, -0.25) is 4.79 Å². The lowest BCUT2D eigenvalue weighted by atomic mass is 9.91. The van der Waals surface area contributed by atoms with Gasteiger partial charge < -0.3 is 9.47 Å². The van der Waals surface area contributed by atoms with E-state index in [1.54, 1.807) is 0 Å². The summed E-state index contributed by atoms with van der Waals surface area (Å²) >= 11 is 0. The zero-order chi connectivity index (χ0) is 14.4. The molecule has 0 aliphatic carbocycles. The quantitative estimate of drug-likeness (QED) is 0.698. The maximum Gasteiger partial charge on any atom is 0.163 e. The molecule has 3 nitrogen and oxygen atoms in total. The fraction of sp³-hybridized carbons (Fsp3) is 0.588. The molecule has 110 valence electrons. The molecule has 2 rings (SSSR count). The van der Waals surface area contributed by atoms with Gasteiger partial charge in [-0.1, -0.05) is 39.5 Å². The van der Waals surface area contributed by atoms with Crippen molar-refractivity contribution in [3.05, 3.63) is 23.8 Å². The van der Waals surface area contributed by atoms with Crippen LogP contribution in [0.15, 0.2) is 18.2 Å². The van der Waals surface area contributed by atoms with Crippen LogP contribution in [0.2, 0.25) is 0 Å². The van der Waals surface area contributed by atoms with Crippen molar-refractivity contribution in [3.8, 4) is 11.5 Å². The van der Waals surface area contributed by atoms with Gasteiger partial charge in [0.25, 0.3) is 0 Å². The first-order valence-corrected chi connectivity index (χ1v) is 7.67. The average Bonchev–Trinajstić information content (AvgIpc) is 2.50. The van der Waals surface area contributed by atoms with E-state index in [2.05, 4.69) is 13.8 Å². The van der Waals surface area contributed by atoms with Gasteiger partial charge in [-0.2, -0.15) is 0 Å². The zero-order valence-corrected chi connectivity index (χ0v) is 12.5. The van der Waals surface area contributed by atoms with E-state index < -0.39 is 0 Å². The van der Waals surface area contributed by atoms with Gasteiger partial charge in [-0.05, 0) is 24.1 Å². The van der Waals surface area contributed by atoms with E-state index in [1.807, 2.05) is 18.2 Å². The number of ether oxygens (including phenoxy) is 2. The third kappa shape index (κ3) is 3.75. The van der Waals surface area contributed by atoms with Gasteiger partial charge in [0.15, 0.2) is 17.3 Å². The Morgan fingerprint density at radius 3 is 2.65 bits per heavy atom. The van der Waals surface area contributed by atoms with Crippen LogP contribution in [0.4, 0.5) is 0 Å². The number of hydrogen-bond acceptors (Lipinski definition) is 3. The van der Waals surface area contributed by atoms with Crippen molar-refractivity contribution >= 4 is 5.78 Å². The van der Waals surface area contributed by atoms with Crippen LogP contribution in [0.1, 0.15) is 56.3 Å². The van der Waals surface area contributed by atoms with Crippen molar-refractivity contribution in [2.45, 2.75) is 46.0 Å². The highest BCUT2D eigenvalue weighted by Gasteiger charge is 2.17. The Balaban J connectivity index is 2.01. The zero-order valence-electron chi connectivity index (χ0n) is 12.5. The number of ketones is 1. The lowest BCUT2D eigenvalue weighted by Gasteiger charge is -2.19. The SMILES string of the molecule is CCCCC(CC)CC(=O)c1ccc2c(c1)OCCO2. The molecule has 0 aromatic heterocycles. The van der Waals surface area contributed by atoms with Crippen LogP contribution in [0.25, 0.3) is 0 Å². The summed E-state index contributed by atoms with van der Waals surface area (Å²) in [6.07, 6.45) is 5.23. The van der Waals surface area contributed by atoms with E-state index in [0.717, 1.165) is 24.2 Å². The average molecular weight is 276 g/mol. The Bertz CT molecular complexity index is 454. The Kier molecular flexibility index (Phi) is 5.45. The Morgan fingerprint density at radius 1 is 1.20 bits per heavy atom. The summed E-state index contributed by atoms with van der Waals surface area (Å²) in [5.74, 6) is 2.15. The molecule has 0 N–H and O–H groups in total. The number of fused-ring (bicyclic) bond motifs is 1. The van der Waals surface area contributed by atoms with Crippen LogP contribution in [0.5, 0.6) is 11.5 Å². The second-order valence-corrected chi connectivity index (χ2v) is 5.40. The highest BCUT2D eigenvalue weighted by atomic mass is 16.6. The number of unbranched alkanes of at least 4 members (excludes halogenated alkanes) is 1. The highest BCUT2D eigenvalue weighted by Crippen LogP contribution is 2.31. The van der Waals surface area contributed by atoms with E-state index in [4.69, 9.17) is 9.47 Å². The Hall–Kier alpha value is -1.51. The van der Waals surface area contributed by atoms with Crippen LogP contribution in [0, 0.1) is 5.92 Å². The van der Waals surface area contributed by atoms with E-state index in [0.29, 0.717) is 31.3 Å². The number of hydrogen-bond donors (Lipinski definition) is 0. The van der Waals surface area contributed by atoms with E-state index >= 15 is 0 Å². The molecule has 1 aromatic carbocycles. The molecule has 1 aliphatic heterocycles. The first-order chi connectivity index (χ1) is 9.74. The molecule has 1 atom stereocenters. The Labute approximate surface area is 121 Å². The fourth-order valence-electron chi connectivity index (χ4n) is 2.54. The molecule has 3 heteroatoms. The van der Waals surface area contributed by atoms with Crippen molar-refractivity contribution in [3.63, 3.8) is 0 Å². The summed E-state index contributed by atoms with van der Waals surface area (Å²) in [7, 11) is 0. The van der Waals surface area contributed by atoms with Crippen molar-refractivity contribution in [1.29, 1.82) is 0 Å². The lowest BCUT2D eigenvalue weighted by Crippen LogP contribution is -2.16. The van der Waals surface area contributed by atoms with Crippen LogP contribution in [0.3, 0.4) is 0 Å². The van der Waals surface area contributed by atoms with Gasteiger partial charge in [-0.15, -0.1) is 0 Å². The number of rotatable bonds is 7. The lowest BCUT2D eigenvalue weighted by molar-refractivity contribution is 0.0955. The van der Waals surface area contributed by atoms with E-state index in [-0.39, 0.29) is 5.78 Å². The summed E-state index contributed by atoms with van der Waals surface area (Å²) in [6, 6.07) is 5.51. The summed E-state index contributed by atoms with van der Waals surface area (Å²) in [6.45, 7) is 5.49. The molecule has 20 heavy (non-hydrogen) atoms. The van der Waals surface area contributed by atoms with Gasteiger partial charge in [0, 0.05) is 12.0 Å². The van der Waals surface area contributed by atoms with Crippen molar-refractivity contribution in [2.24, 2.45) is 5.92 Å². The minimum Gasteiger partial charge on any atom is -0.486 e. The van der Waals surface area contributed by atoms with Crippen LogP contribution in [-0.4, -0.2) is 19.0 Å². The monoisotopic (exact) mass is 276 g/mol. The number of benzene rings is 1. The van der Waals surface area contributed by atoms with Crippen molar-refractivity contribution in [1.82, 2.24) is 0 Å². The second kappa shape index (κ2) is 7.32. The predicted octanol–water partition coefficient (Wildman–Crippen LogP) is 4.25. The fourth-order valence-corrected chi connectivity index (χ4v) is 2.54. The summed E-state index contributed by atoms with van der Waals surface area (Å²) in [5.41, 5.74) is 0.740. The topological polar surface area (TPSA) is 35.5 Å². The smallest absolute Gasteiger partial charge is 0.163 e. The predicted molar refractivity (Wildman–Crippen MR) is 79.7 cm³/mol. The molecular formula is C17H24O3. The molecule has 0 bridgehead atoms. The van der Waals surface area contributed by atoms with E-state index in [9.17, 15) is 4.79 Å². The largest absolute Gasteiger partial charge is 0.486 e. The standard InChI is InChI=1S/C17H24O3/c1-3-5-6-13(4-2)11-15(18)14-7-8-16-17(12-14)20-10-9-19-16/h7-8,12-13H,3-6,9-11H2,1-2H3. The van der Waals surface area contributed by atoms with Gasteiger partial charge in [0.05, 0.1) is 0 Å².